The van der Waals surface area contributed by atoms with Gasteiger partial charge in [-0.25, -0.2) is 0 Å². The number of rotatable bonds is 24. The predicted molar refractivity (Wildman–Crippen MR) is 190 cm³/mol. The fourth-order valence-corrected chi connectivity index (χ4v) is 5.08. The van der Waals surface area contributed by atoms with E-state index in [-0.39, 0.29) is 0 Å². The summed E-state index contributed by atoms with van der Waals surface area (Å²) in [6.45, 7) is 6.11. The van der Waals surface area contributed by atoms with Crippen molar-refractivity contribution in [3.63, 3.8) is 0 Å². The van der Waals surface area contributed by atoms with Crippen molar-refractivity contribution in [3.8, 4) is 11.5 Å². The zero-order valence-electron chi connectivity index (χ0n) is 27.5. The zero-order valence-corrected chi connectivity index (χ0v) is 27.5. The van der Waals surface area contributed by atoms with Gasteiger partial charge in [0.25, 0.3) is 0 Å². The third-order valence-corrected chi connectivity index (χ3v) is 7.87. The van der Waals surface area contributed by atoms with Crippen LogP contribution in [0, 0.1) is 0 Å². The molecule has 0 saturated heterocycles. The molecule has 0 atom stereocenters. The van der Waals surface area contributed by atoms with E-state index in [0.717, 1.165) is 60.1 Å². The number of aliphatic imine (C=N–C) groups is 2. The summed E-state index contributed by atoms with van der Waals surface area (Å²) in [5.74, 6) is 1.85. The molecule has 3 aromatic carbocycles. The maximum Gasteiger partial charge on any atom is 0.119 e. The molecule has 0 aliphatic heterocycles. The van der Waals surface area contributed by atoms with Crippen molar-refractivity contribution >= 4 is 23.8 Å². The summed E-state index contributed by atoms with van der Waals surface area (Å²) >= 11 is 0. The Bertz CT molecular complexity index is 1070. The number of hydrogen-bond acceptors (Lipinski definition) is 4. The molecule has 0 amide bonds. The van der Waals surface area contributed by atoms with E-state index in [1.165, 1.54) is 89.9 Å². The third-order valence-electron chi connectivity index (χ3n) is 7.87. The molecule has 0 heterocycles. The van der Waals surface area contributed by atoms with Crippen LogP contribution in [0.15, 0.2) is 82.8 Å². The summed E-state index contributed by atoms with van der Waals surface area (Å²) in [6, 6.07) is 24.3. The summed E-state index contributed by atoms with van der Waals surface area (Å²) < 4.78 is 11.8. The molecule has 0 unspecified atom stereocenters. The van der Waals surface area contributed by atoms with Gasteiger partial charge in [-0.1, -0.05) is 104 Å². The van der Waals surface area contributed by atoms with Crippen molar-refractivity contribution in [2.75, 3.05) is 13.2 Å². The van der Waals surface area contributed by atoms with Crippen LogP contribution in [0.3, 0.4) is 0 Å². The first-order chi connectivity index (χ1) is 21.8. The maximum atomic E-state index is 5.92. The molecule has 4 nitrogen and oxygen atoms in total. The predicted octanol–water partition coefficient (Wildman–Crippen LogP) is 12.2. The molecule has 0 radical (unpaired) electrons. The van der Waals surface area contributed by atoms with Crippen LogP contribution in [0.2, 0.25) is 0 Å². The molecule has 0 aliphatic rings. The number of benzene rings is 3. The highest BCUT2D eigenvalue weighted by Gasteiger charge is 1.98. The summed E-state index contributed by atoms with van der Waals surface area (Å²) in [6.07, 6.45) is 24.8. The second-order valence-electron chi connectivity index (χ2n) is 11.8. The molecular weight excluding hydrogens is 540 g/mol. The van der Waals surface area contributed by atoms with Crippen LogP contribution in [-0.2, 0) is 0 Å². The van der Waals surface area contributed by atoms with Gasteiger partial charge in [-0.3, -0.25) is 9.98 Å². The van der Waals surface area contributed by atoms with Gasteiger partial charge in [0.1, 0.15) is 11.5 Å². The van der Waals surface area contributed by atoms with Gasteiger partial charge in [0, 0.05) is 12.4 Å². The lowest BCUT2D eigenvalue weighted by atomic mass is 10.1. The largest absolute Gasteiger partial charge is 0.494 e. The molecule has 0 N–H and O–H groups in total. The summed E-state index contributed by atoms with van der Waals surface area (Å²) in [7, 11) is 0. The number of ether oxygens (including phenoxy) is 2. The highest BCUT2D eigenvalue weighted by atomic mass is 16.5. The Kier molecular flexibility index (Phi) is 18.4. The van der Waals surface area contributed by atoms with Gasteiger partial charge >= 0.3 is 0 Å². The minimum Gasteiger partial charge on any atom is -0.494 e. The van der Waals surface area contributed by atoms with E-state index in [2.05, 4.69) is 48.1 Å². The fourth-order valence-electron chi connectivity index (χ4n) is 5.08. The molecule has 0 aliphatic carbocycles. The van der Waals surface area contributed by atoms with Crippen LogP contribution in [0.5, 0.6) is 11.5 Å². The van der Waals surface area contributed by atoms with E-state index >= 15 is 0 Å². The molecule has 0 fully saturated rings. The summed E-state index contributed by atoms with van der Waals surface area (Å²) in [5, 5.41) is 0. The molecule has 0 spiro atoms. The minimum atomic E-state index is 0.788. The van der Waals surface area contributed by atoms with Crippen molar-refractivity contribution in [1.82, 2.24) is 0 Å². The number of nitrogens with zero attached hydrogens (tertiary/aromatic N) is 2. The normalized spacial score (nSPS) is 11.5. The van der Waals surface area contributed by atoms with Crippen LogP contribution >= 0.6 is 0 Å². The van der Waals surface area contributed by atoms with Gasteiger partial charge in [-0.2, -0.15) is 0 Å². The first-order valence-electron chi connectivity index (χ1n) is 17.4. The Morgan fingerprint density at radius 2 is 0.727 bits per heavy atom. The average molecular weight is 597 g/mol. The van der Waals surface area contributed by atoms with Gasteiger partial charge in [-0.15, -0.1) is 0 Å². The average Bonchev–Trinajstić information content (AvgIpc) is 3.06. The van der Waals surface area contributed by atoms with Crippen LogP contribution in [0.25, 0.3) is 0 Å². The Morgan fingerprint density at radius 3 is 1.07 bits per heavy atom. The van der Waals surface area contributed by atoms with Crippen molar-refractivity contribution in [2.45, 2.75) is 117 Å². The lowest BCUT2D eigenvalue weighted by molar-refractivity contribution is 0.304. The van der Waals surface area contributed by atoms with E-state index in [9.17, 15) is 0 Å². The fraction of sp³-hybridized carbons (Fsp3) is 0.500. The van der Waals surface area contributed by atoms with Gasteiger partial charge in [0.2, 0.25) is 0 Å². The Hall–Kier alpha value is -3.40. The van der Waals surface area contributed by atoms with E-state index in [0.29, 0.717) is 0 Å². The monoisotopic (exact) mass is 596 g/mol. The van der Waals surface area contributed by atoms with Crippen LogP contribution in [-0.4, -0.2) is 25.6 Å². The van der Waals surface area contributed by atoms with E-state index < -0.39 is 0 Å². The van der Waals surface area contributed by atoms with Gasteiger partial charge in [0.05, 0.1) is 24.6 Å². The lowest BCUT2D eigenvalue weighted by Gasteiger charge is -2.06. The molecule has 0 bridgehead atoms. The topological polar surface area (TPSA) is 43.2 Å². The SMILES string of the molecule is CCCCCCCCCCOc1ccc(C=Nc2ccc(N=Cc3ccc(OCCCCCCCCCC)cc3)cc2)cc1. The van der Waals surface area contributed by atoms with E-state index in [1.54, 1.807) is 0 Å². The Labute approximate surface area is 268 Å². The molecule has 3 rings (SSSR count). The minimum absolute atomic E-state index is 0.788. The molecule has 4 heteroatoms. The lowest BCUT2D eigenvalue weighted by Crippen LogP contribution is -1.97. The highest BCUT2D eigenvalue weighted by Crippen LogP contribution is 2.20. The van der Waals surface area contributed by atoms with Crippen molar-refractivity contribution in [3.05, 3.63) is 83.9 Å². The van der Waals surface area contributed by atoms with E-state index in [1.807, 2.05) is 61.0 Å². The zero-order chi connectivity index (χ0) is 30.9. The second kappa shape index (κ2) is 23.0. The van der Waals surface area contributed by atoms with Gasteiger partial charge in [0.15, 0.2) is 0 Å². The second-order valence-corrected chi connectivity index (χ2v) is 11.8. The summed E-state index contributed by atoms with van der Waals surface area (Å²) in [5.41, 5.74) is 3.91. The van der Waals surface area contributed by atoms with Crippen molar-refractivity contribution in [2.24, 2.45) is 9.98 Å². The highest BCUT2D eigenvalue weighted by molar-refractivity contribution is 5.83. The summed E-state index contributed by atoms with van der Waals surface area (Å²) in [4.78, 5) is 9.24. The first-order valence-corrected chi connectivity index (χ1v) is 17.4. The van der Waals surface area contributed by atoms with Crippen LogP contribution < -0.4 is 9.47 Å². The van der Waals surface area contributed by atoms with Crippen molar-refractivity contribution < 1.29 is 9.47 Å². The number of hydrogen-bond donors (Lipinski definition) is 0. The molecule has 0 aromatic heterocycles. The first kappa shape index (κ1) is 35.1. The smallest absolute Gasteiger partial charge is 0.119 e. The van der Waals surface area contributed by atoms with Gasteiger partial charge in [-0.05, 0) is 96.8 Å². The molecule has 44 heavy (non-hydrogen) atoms. The third kappa shape index (κ3) is 15.9. The molecule has 238 valence electrons. The van der Waals surface area contributed by atoms with Crippen molar-refractivity contribution in [1.29, 1.82) is 0 Å². The molecule has 0 saturated carbocycles. The van der Waals surface area contributed by atoms with Gasteiger partial charge < -0.3 is 9.47 Å². The Morgan fingerprint density at radius 1 is 0.409 bits per heavy atom. The standard InChI is InChI=1S/C40H56N2O2/c1-3-5-7-9-11-13-15-17-31-43-39-27-19-35(20-28-39)33-41-37-23-25-38(26-24-37)42-34-36-21-29-40(30-22-36)44-32-18-16-14-12-10-8-6-4-2/h19-30,33-34H,3-18,31-32H2,1-2H3. The molecule has 3 aromatic rings. The van der Waals surface area contributed by atoms with Crippen LogP contribution in [0.1, 0.15) is 128 Å². The van der Waals surface area contributed by atoms with Crippen LogP contribution in [0.4, 0.5) is 11.4 Å². The Balaban J connectivity index is 1.30. The maximum absolute atomic E-state index is 5.92. The molecular formula is C40H56N2O2. The quantitative estimate of drug-likeness (QED) is 0.0762. The number of unbranched alkanes of at least 4 members (excludes halogenated alkanes) is 14. The van der Waals surface area contributed by atoms with E-state index in [4.69, 9.17) is 9.47 Å².